The summed E-state index contributed by atoms with van der Waals surface area (Å²) in [5.74, 6) is 0. The highest BCUT2D eigenvalue weighted by molar-refractivity contribution is 6.30. The lowest BCUT2D eigenvalue weighted by molar-refractivity contribution is 0.546. The lowest BCUT2D eigenvalue weighted by Crippen LogP contribution is -2.30. The lowest BCUT2D eigenvalue weighted by atomic mass is 10.1. The molecule has 2 N–H and O–H groups in total. The summed E-state index contributed by atoms with van der Waals surface area (Å²) in [6, 6.07) is 8.49. The maximum absolute atomic E-state index is 5.86. The maximum atomic E-state index is 5.86. The van der Waals surface area contributed by atoms with Crippen LogP contribution in [0.15, 0.2) is 36.8 Å². The number of rotatable bonds is 6. The first-order valence-corrected chi connectivity index (χ1v) is 6.57. The number of hydrogen-bond acceptors (Lipinski definition) is 2. The van der Waals surface area contributed by atoms with E-state index in [1.807, 2.05) is 18.3 Å². The molecule has 0 aliphatic rings. The van der Waals surface area contributed by atoms with Gasteiger partial charge in [-0.05, 0) is 31.0 Å². The van der Waals surface area contributed by atoms with Crippen LogP contribution in [0.5, 0.6) is 0 Å². The highest BCUT2D eigenvalue weighted by Gasteiger charge is 2.03. The van der Waals surface area contributed by atoms with E-state index < -0.39 is 0 Å². The molecule has 4 heteroatoms. The molecule has 0 saturated carbocycles. The second-order valence-corrected chi connectivity index (χ2v) is 4.95. The minimum absolute atomic E-state index is 0.453. The van der Waals surface area contributed by atoms with E-state index >= 15 is 0 Å². The van der Waals surface area contributed by atoms with Crippen LogP contribution < -0.4 is 5.32 Å². The van der Waals surface area contributed by atoms with Crippen molar-refractivity contribution in [1.82, 2.24) is 15.3 Å². The van der Waals surface area contributed by atoms with Crippen LogP contribution in [-0.2, 0) is 12.8 Å². The molecule has 18 heavy (non-hydrogen) atoms. The average Bonchev–Trinajstić information content (AvgIpc) is 2.85. The topological polar surface area (TPSA) is 40.7 Å². The largest absolute Gasteiger partial charge is 0.348 e. The summed E-state index contributed by atoms with van der Waals surface area (Å²) in [7, 11) is 0. The van der Waals surface area contributed by atoms with Crippen molar-refractivity contribution in [3.05, 3.63) is 53.1 Å². The summed E-state index contributed by atoms with van der Waals surface area (Å²) in [5.41, 5.74) is 2.47. The zero-order valence-corrected chi connectivity index (χ0v) is 11.2. The summed E-state index contributed by atoms with van der Waals surface area (Å²) in [6.07, 6.45) is 5.57. The van der Waals surface area contributed by atoms with E-state index in [2.05, 4.69) is 34.3 Å². The molecule has 2 aromatic rings. The molecule has 0 amide bonds. The van der Waals surface area contributed by atoms with Gasteiger partial charge in [-0.15, -0.1) is 0 Å². The Labute approximate surface area is 113 Å². The van der Waals surface area contributed by atoms with Crippen molar-refractivity contribution < 1.29 is 0 Å². The van der Waals surface area contributed by atoms with Crippen LogP contribution in [0.4, 0.5) is 0 Å². The van der Waals surface area contributed by atoms with Gasteiger partial charge < -0.3 is 10.3 Å². The van der Waals surface area contributed by atoms with E-state index in [9.17, 15) is 0 Å². The third-order valence-electron chi connectivity index (χ3n) is 2.90. The number of hydrogen-bond donors (Lipinski definition) is 2. The Morgan fingerprint density at radius 3 is 2.78 bits per heavy atom. The fourth-order valence-electron chi connectivity index (χ4n) is 1.92. The summed E-state index contributed by atoms with van der Waals surface area (Å²) >= 11 is 5.86. The molecule has 2 rings (SSSR count). The van der Waals surface area contributed by atoms with E-state index in [-0.39, 0.29) is 0 Å². The molecule has 0 bridgehead atoms. The molecule has 3 nitrogen and oxygen atoms in total. The zero-order valence-electron chi connectivity index (χ0n) is 10.5. The molecule has 0 aliphatic heterocycles. The van der Waals surface area contributed by atoms with Gasteiger partial charge in [0.2, 0.25) is 0 Å². The summed E-state index contributed by atoms with van der Waals surface area (Å²) < 4.78 is 0. The van der Waals surface area contributed by atoms with Gasteiger partial charge in [0.25, 0.3) is 0 Å². The normalized spacial score (nSPS) is 12.6. The quantitative estimate of drug-likeness (QED) is 0.841. The van der Waals surface area contributed by atoms with Crippen molar-refractivity contribution in [2.24, 2.45) is 0 Å². The van der Waals surface area contributed by atoms with Gasteiger partial charge >= 0.3 is 0 Å². The highest BCUT2D eigenvalue weighted by atomic mass is 35.5. The Kier molecular flexibility index (Phi) is 4.79. The Bertz CT molecular complexity index is 450. The number of aromatic amines is 1. The first-order chi connectivity index (χ1) is 8.74. The number of halogens is 1. The smallest absolute Gasteiger partial charge is 0.0921 e. The number of H-pyrrole nitrogens is 1. The summed E-state index contributed by atoms with van der Waals surface area (Å²) in [4.78, 5) is 7.10. The average molecular weight is 264 g/mol. The standard InChI is InChI=1S/C14H18ClN3/c1-11(8-12-2-4-13(15)5-3-12)17-7-6-14-9-16-10-18-14/h2-5,9-11,17H,6-8H2,1H3,(H,16,18). The molecule has 96 valence electrons. The Balaban J connectivity index is 1.71. The van der Waals surface area contributed by atoms with Crippen molar-refractivity contribution in [3.8, 4) is 0 Å². The van der Waals surface area contributed by atoms with Crippen LogP contribution >= 0.6 is 11.6 Å². The molecule has 1 heterocycles. The monoisotopic (exact) mass is 263 g/mol. The van der Waals surface area contributed by atoms with Crippen molar-refractivity contribution in [1.29, 1.82) is 0 Å². The Hall–Kier alpha value is -1.32. The maximum Gasteiger partial charge on any atom is 0.0921 e. The number of aromatic nitrogens is 2. The molecule has 0 saturated heterocycles. The first-order valence-electron chi connectivity index (χ1n) is 6.19. The van der Waals surface area contributed by atoms with Gasteiger partial charge in [-0.2, -0.15) is 0 Å². The minimum atomic E-state index is 0.453. The van der Waals surface area contributed by atoms with Gasteiger partial charge in [0.1, 0.15) is 0 Å². The molecular formula is C14H18ClN3. The second-order valence-electron chi connectivity index (χ2n) is 4.51. The first kappa shape index (κ1) is 13.1. The number of nitrogens with one attached hydrogen (secondary N) is 2. The number of imidazole rings is 1. The van der Waals surface area contributed by atoms with Crippen molar-refractivity contribution in [2.75, 3.05) is 6.54 Å². The number of benzene rings is 1. The summed E-state index contributed by atoms with van der Waals surface area (Å²) in [5, 5.41) is 4.29. The molecule has 0 radical (unpaired) electrons. The predicted octanol–water partition coefficient (Wildman–Crippen LogP) is 2.83. The van der Waals surface area contributed by atoms with E-state index in [1.54, 1.807) is 6.33 Å². The van der Waals surface area contributed by atoms with Crippen LogP contribution in [0.1, 0.15) is 18.2 Å². The van der Waals surface area contributed by atoms with E-state index in [0.717, 1.165) is 24.4 Å². The van der Waals surface area contributed by atoms with Crippen LogP contribution in [0, 0.1) is 0 Å². The third-order valence-corrected chi connectivity index (χ3v) is 3.15. The highest BCUT2D eigenvalue weighted by Crippen LogP contribution is 2.10. The molecule has 0 aliphatic carbocycles. The summed E-state index contributed by atoms with van der Waals surface area (Å²) in [6.45, 7) is 3.15. The lowest BCUT2D eigenvalue weighted by Gasteiger charge is -2.13. The fraction of sp³-hybridized carbons (Fsp3) is 0.357. The van der Waals surface area contributed by atoms with Gasteiger partial charge in [0.05, 0.1) is 6.33 Å². The van der Waals surface area contributed by atoms with E-state index in [1.165, 1.54) is 11.3 Å². The molecule has 1 aromatic carbocycles. The van der Waals surface area contributed by atoms with Gasteiger partial charge in [0, 0.05) is 35.9 Å². The van der Waals surface area contributed by atoms with Gasteiger partial charge in [0.15, 0.2) is 0 Å². The van der Waals surface area contributed by atoms with E-state index in [0.29, 0.717) is 6.04 Å². The van der Waals surface area contributed by atoms with Crippen LogP contribution in [-0.4, -0.2) is 22.6 Å². The Morgan fingerprint density at radius 1 is 1.33 bits per heavy atom. The predicted molar refractivity (Wildman–Crippen MR) is 74.9 cm³/mol. The van der Waals surface area contributed by atoms with Crippen molar-refractivity contribution in [3.63, 3.8) is 0 Å². The number of nitrogens with zero attached hydrogens (tertiary/aromatic N) is 1. The van der Waals surface area contributed by atoms with Crippen LogP contribution in [0.3, 0.4) is 0 Å². The third kappa shape index (κ3) is 4.17. The SMILES string of the molecule is CC(Cc1ccc(Cl)cc1)NCCc1cnc[nH]1. The molecular weight excluding hydrogens is 246 g/mol. The Morgan fingerprint density at radius 2 is 2.11 bits per heavy atom. The van der Waals surface area contributed by atoms with E-state index in [4.69, 9.17) is 11.6 Å². The molecule has 1 atom stereocenters. The van der Waals surface area contributed by atoms with Gasteiger partial charge in [-0.3, -0.25) is 0 Å². The molecule has 0 spiro atoms. The van der Waals surface area contributed by atoms with Crippen LogP contribution in [0.25, 0.3) is 0 Å². The molecule has 1 aromatic heterocycles. The van der Waals surface area contributed by atoms with Crippen LogP contribution in [0.2, 0.25) is 5.02 Å². The second kappa shape index (κ2) is 6.57. The van der Waals surface area contributed by atoms with Crippen molar-refractivity contribution >= 4 is 11.6 Å². The van der Waals surface area contributed by atoms with Crippen molar-refractivity contribution in [2.45, 2.75) is 25.8 Å². The van der Waals surface area contributed by atoms with Gasteiger partial charge in [-0.1, -0.05) is 23.7 Å². The zero-order chi connectivity index (χ0) is 12.8. The van der Waals surface area contributed by atoms with Gasteiger partial charge in [-0.25, -0.2) is 4.98 Å². The molecule has 0 fully saturated rings. The minimum Gasteiger partial charge on any atom is -0.348 e. The molecule has 1 unspecified atom stereocenters. The fourth-order valence-corrected chi connectivity index (χ4v) is 2.05.